The van der Waals surface area contributed by atoms with Crippen LogP contribution >= 0.6 is 0 Å². The zero-order valence-corrected chi connectivity index (χ0v) is 14.4. The molecule has 1 aliphatic heterocycles. The maximum absolute atomic E-state index is 12.4. The Morgan fingerprint density at radius 3 is 2.67 bits per heavy atom. The zero-order valence-electron chi connectivity index (χ0n) is 14.4. The van der Waals surface area contributed by atoms with Crippen molar-refractivity contribution in [3.8, 4) is 0 Å². The maximum Gasteiger partial charge on any atom is 0.332 e. The molecule has 0 spiro atoms. The molecule has 0 atom stereocenters. The predicted octanol–water partition coefficient (Wildman–Crippen LogP) is -0.288. The molecule has 0 aromatic carbocycles. The summed E-state index contributed by atoms with van der Waals surface area (Å²) < 4.78 is 9.54. The third-order valence-corrected chi connectivity index (χ3v) is 4.59. The molecule has 0 aliphatic carbocycles. The summed E-state index contributed by atoms with van der Waals surface area (Å²) in [7, 11) is 4.84. The van der Waals surface area contributed by atoms with Crippen molar-refractivity contribution in [1.82, 2.24) is 23.6 Å². The highest BCUT2D eigenvalue weighted by atomic mass is 16.5. The number of aromatic nitrogens is 4. The first-order valence-electron chi connectivity index (χ1n) is 8.03. The van der Waals surface area contributed by atoms with Gasteiger partial charge in [0, 0.05) is 47.4 Å². The van der Waals surface area contributed by atoms with E-state index in [0.717, 1.165) is 30.6 Å². The van der Waals surface area contributed by atoms with Crippen molar-refractivity contribution in [3.63, 3.8) is 0 Å². The van der Waals surface area contributed by atoms with Crippen LogP contribution in [0.1, 0.15) is 6.42 Å². The molecule has 0 amide bonds. The van der Waals surface area contributed by atoms with Crippen LogP contribution < -0.4 is 11.2 Å². The maximum atomic E-state index is 12.4. The molecule has 130 valence electrons. The molecule has 3 heterocycles. The number of ether oxygens (including phenoxy) is 1. The highest BCUT2D eigenvalue weighted by molar-refractivity contribution is 5.69. The number of fused-ring (bicyclic) bond motifs is 1. The van der Waals surface area contributed by atoms with Crippen LogP contribution in [-0.2, 0) is 25.4 Å². The van der Waals surface area contributed by atoms with Gasteiger partial charge in [0.25, 0.3) is 5.56 Å². The van der Waals surface area contributed by atoms with E-state index in [-0.39, 0.29) is 11.2 Å². The van der Waals surface area contributed by atoms with E-state index in [2.05, 4.69) is 16.0 Å². The molecule has 0 saturated heterocycles. The monoisotopic (exact) mass is 333 g/mol. The Kier molecular flexibility index (Phi) is 4.68. The third kappa shape index (κ3) is 2.94. The van der Waals surface area contributed by atoms with Crippen molar-refractivity contribution < 1.29 is 4.74 Å². The van der Waals surface area contributed by atoms with Crippen LogP contribution in [-0.4, -0.2) is 56.9 Å². The summed E-state index contributed by atoms with van der Waals surface area (Å²) in [6, 6.07) is 0. The second-order valence-electron chi connectivity index (χ2n) is 6.16. The standard InChI is InChI=1S/C16H23N5O3/c1-18-14-13(15(22)19(2)16(18)23)21(11-17-14)9-8-20-6-4-12(5-7-20)10-24-3/h4,11H,5-10H2,1-3H3. The predicted molar refractivity (Wildman–Crippen MR) is 91.2 cm³/mol. The number of hydrogen-bond acceptors (Lipinski definition) is 5. The summed E-state index contributed by atoms with van der Waals surface area (Å²) >= 11 is 0. The summed E-state index contributed by atoms with van der Waals surface area (Å²) in [5, 5.41) is 0. The van der Waals surface area contributed by atoms with Gasteiger partial charge in [0.1, 0.15) is 0 Å². The van der Waals surface area contributed by atoms with Crippen LogP contribution in [0.15, 0.2) is 27.6 Å². The second-order valence-corrected chi connectivity index (χ2v) is 6.16. The van der Waals surface area contributed by atoms with Crippen LogP contribution in [0.3, 0.4) is 0 Å². The lowest BCUT2D eigenvalue weighted by atomic mass is 10.1. The van der Waals surface area contributed by atoms with E-state index in [1.54, 1.807) is 20.5 Å². The van der Waals surface area contributed by atoms with E-state index < -0.39 is 0 Å². The fourth-order valence-corrected chi connectivity index (χ4v) is 3.09. The zero-order chi connectivity index (χ0) is 17.3. The first-order valence-corrected chi connectivity index (χ1v) is 8.03. The fraction of sp³-hybridized carbons (Fsp3) is 0.562. The Morgan fingerprint density at radius 1 is 1.21 bits per heavy atom. The Hall–Kier alpha value is -2.19. The highest BCUT2D eigenvalue weighted by Crippen LogP contribution is 2.11. The van der Waals surface area contributed by atoms with Gasteiger partial charge in [0.15, 0.2) is 11.2 Å². The highest BCUT2D eigenvalue weighted by Gasteiger charge is 2.16. The number of methoxy groups -OCH3 is 1. The van der Waals surface area contributed by atoms with Crippen LogP contribution in [0.2, 0.25) is 0 Å². The van der Waals surface area contributed by atoms with Gasteiger partial charge in [-0.3, -0.25) is 18.8 Å². The molecule has 8 heteroatoms. The van der Waals surface area contributed by atoms with Gasteiger partial charge in [0.05, 0.1) is 12.9 Å². The Morgan fingerprint density at radius 2 is 2.00 bits per heavy atom. The van der Waals surface area contributed by atoms with Gasteiger partial charge in [-0.2, -0.15) is 0 Å². The molecule has 0 radical (unpaired) electrons. The van der Waals surface area contributed by atoms with Crippen molar-refractivity contribution in [2.24, 2.45) is 14.1 Å². The van der Waals surface area contributed by atoms with E-state index in [1.807, 2.05) is 4.57 Å². The Balaban J connectivity index is 1.78. The minimum absolute atomic E-state index is 0.300. The van der Waals surface area contributed by atoms with Crippen LogP contribution in [0, 0.1) is 0 Å². The van der Waals surface area contributed by atoms with Crippen molar-refractivity contribution in [1.29, 1.82) is 0 Å². The van der Waals surface area contributed by atoms with Crippen LogP contribution in [0.4, 0.5) is 0 Å². The quantitative estimate of drug-likeness (QED) is 0.703. The van der Waals surface area contributed by atoms with E-state index in [4.69, 9.17) is 4.74 Å². The van der Waals surface area contributed by atoms with Crippen molar-refractivity contribution in [2.75, 3.05) is 33.4 Å². The molecule has 2 aromatic heterocycles. The van der Waals surface area contributed by atoms with Gasteiger partial charge >= 0.3 is 5.69 Å². The van der Waals surface area contributed by atoms with E-state index in [9.17, 15) is 9.59 Å². The molecule has 24 heavy (non-hydrogen) atoms. The van der Waals surface area contributed by atoms with Gasteiger partial charge in [-0.1, -0.05) is 6.08 Å². The Labute approximate surface area is 139 Å². The number of hydrogen-bond donors (Lipinski definition) is 0. The SMILES string of the molecule is COCC1=CCN(CCn2cnc3c2c(=O)n(C)c(=O)n3C)CC1. The number of rotatable bonds is 5. The molecule has 0 N–H and O–H groups in total. The smallest absolute Gasteiger partial charge is 0.332 e. The molecule has 0 bridgehead atoms. The normalized spacial score (nSPS) is 15.9. The van der Waals surface area contributed by atoms with Crippen LogP contribution in [0.5, 0.6) is 0 Å². The largest absolute Gasteiger partial charge is 0.380 e. The minimum atomic E-state index is -0.357. The lowest BCUT2D eigenvalue weighted by molar-refractivity contribution is 0.210. The van der Waals surface area contributed by atoms with E-state index in [1.165, 1.54) is 17.2 Å². The van der Waals surface area contributed by atoms with Gasteiger partial charge in [0.2, 0.25) is 0 Å². The summed E-state index contributed by atoms with van der Waals surface area (Å²) in [5.74, 6) is 0. The lowest BCUT2D eigenvalue weighted by Gasteiger charge is -2.26. The summed E-state index contributed by atoms with van der Waals surface area (Å²) in [6.45, 7) is 4.07. The van der Waals surface area contributed by atoms with Gasteiger partial charge in [-0.15, -0.1) is 0 Å². The topological polar surface area (TPSA) is 74.3 Å². The molecular formula is C16H23N5O3. The molecule has 0 fully saturated rings. The molecule has 3 rings (SSSR count). The Bertz CT molecular complexity index is 889. The summed E-state index contributed by atoms with van der Waals surface area (Å²) in [6.07, 6.45) is 4.86. The van der Waals surface area contributed by atoms with Crippen LogP contribution in [0.25, 0.3) is 11.2 Å². The average Bonchev–Trinajstić information content (AvgIpc) is 3.02. The first kappa shape index (κ1) is 16.7. The molecule has 0 unspecified atom stereocenters. The lowest BCUT2D eigenvalue weighted by Crippen LogP contribution is -2.38. The van der Waals surface area contributed by atoms with Gasteiger partial charge < -0.3 is 9.30 Å². The molecule has 1 aliphatic rings. The van der Waals surface area contributed by atoms with E-state index in [0.29, 0.717) is 24.3 Å². The van der Waals surface area contributed by atoms with Crippen molar-refractivity contribution in [2.45, 2.75) is 13.0 Å². The fourth-order valence-electron chi connectivity index (χ4n) is 3.09. The molecule has 8 nitrogen and oxygen atoms in total. The second kappa shape index (κ2) is 6.74. The summed E-state index contributed by atoms with van der Waals surface area (Å²) in [4.78, 5) is 30.9. The van der Waals surface area contributed by atoms with Crippen molar-refractivity contribution >= 4 is 11.2 Å². The number of imidazole rings is 1. The number of aryl methyl sites for hydroxylation is 1. The first-order chi connectivity index (χ1) is 11.5. The molecular weight excluding hydrogens is 310 g/mol. The van der Waals surface area contributed by atoms with Crippen molar-refractivity contribution in [3.05, 3.63) is 38.8 Å². The average molecular weight is 333 g/mol. The molecule has 2 aromatic rings. The number of nitrogens with zero attached hydrogens (tertiary/aromatic N) is 5. The minimum Gasteiger partial charge on any atom is -0.380 e. The van der Waals surface area contributed by atoms with Gasteiger partial charge in [-0.05, 0) is 12.0 Å². The van der Waals surface area contributed by atoms with E-state index >= 15 is 0 Å². The summed E-state index contributed by atoms with van der Waals surface area (Å²) in [5.41, 5.74) is 1.60. The van der Waals surface area contributed by atoms with Gasteiger partial charge in [-0.25, -0.2) is 9.78 Å². The third-order valence-electron chi connectivity index (χ3n) is 4.59. The molecule has 0 saturated carbocycles.